The van der Waals surface area contributed by atoms with E-state index in [4.69, 9.17) is 19.3 Å². The zero-order valence-corrected chi connectivity index (χ0v) is 10.6. The molecule has 0 aromatic carbocycles. The summed E-state index contributed by atoms with van der Waals surface area (Å²) in [5.74, 6) is 0. The quantitative estimate of drug-likeness (QED) is 0.306. The molecule has 0 aromatic rings. The van der Waals surface area contributed by atoms with Crippen LogP contribution in [0.1, 0.15) is 0 Å². The van der Waals surface area contributed by atoms with Crippen molar-refractivity contribution in [2.75, 3.05) is 19.8 Å². The predicted molar refractivity (Wildman–Crippen MR) is 61.5 cm³/mol. The second-order valence-electron chi connectivity index (χ2n) is 4.97. The highest BCUT2D eigenvalue weighted by atomic mass is 16.7. The van der Waals surface area contributed by atoms with E-state index < -0.39 is 55.6 Å². The zero-order valence-electron chi connectivity index (χ0n) is 10.6. The Morgan fingerprint density at radius 3 is 2.25 bits per heavy atom. The van der Waals surface area contributed by atoms with E-state index in [1.807, 2.05) is 0 Å². The molecule has 0 bridgehead atoms. The Morgan fingerprint density at radius 2 is 1.60 bits per heavy atom. The third-order valence-corrected chi connectivity index (χ3v) is 3.50. The van der Waals surface area contributed by atoms with Crippen LogP contribution in [0, 0.1) is 0 Å². The highest BCUT2D eigenvalue weighted by Crippen LogP contribution is 2.24. The van der Waals surface area contributed by atoms with Gasteiger partial charge in [-0.2, -0.15) is 0 Å². The van der Waals surface area contributed by atoms with Gasteiger partial charge in [-0.05, 0) is 0 Å². The van der Waals surface area contributed by atoms with E-state index in [1.165, 1.54) is 0 Å². The lowest BCUT2D eigenvalue weighted by Gasteiger charge is -2.42. The van der Waals surface area contributed by atoms with Crippen molar-refractivity contribution in [2.45, 2.75) is 49.0 Å². The second kappa shape index (κ2) is 6.60. The van der Waals surface area contributed by atoms with Crippen LogP contribution in [0.25, 0.3) is 0 Å². The molecule has 8 atom stereocenters. The summed E-state index contributed by atoms with van der Waals surface area (Å²) in [6.45, 7) is -0.625. The normalized spacial score (nSPS) is 50.1. The standard InChI is InChI=1S/C11H20O9/c12-1-5-8(15)9(16)10(17)11(19-5)20-6-3-18-2-4(13)7(6)14/h4-17H,1-3H2/t4-,5+,6+,7+,8+,9-,10+,11-/m0/s1. The first-order valence-corrected chi connectivity index (χ1v) is 6.35. The molecule has 2 aliphatic rings. The molecular formula is C11H20O9. The lowest BCUT2D eigenvalue weighted by atomic mass is 9.99. The fourth-order valence-electron chi connectivity index (χ4n) is 2.22. The summed E-state index contributed by atoms with van der Waals surface area (Å²) in [4.78, 5) is 0. The predicted octanol–water partition coefficient (Wildman–Crippen LogP) is -4.08. The van der Waals surface area contributed by atoms with Crippen LogP contribution in [-0.2, 0) is 14.2 Å². The van der Waals surface area contributed by atoms with Crippen molar-refractivity contribution >= 4 is 0 Å². The average molecular weight is 296 g/mol. The van der Waals surface area contributed by atoms with Crippen molar-refractivity contribution in [3.8, 4) is 0 Å². The highest BCUT2D eigenvalue weighted by Gasteiger charge is 2.46. The Kier molecular flexibility index (Phi) is 5.29. The minimum Gasteiger partial charge on any atom is -0.394 e. The monoisotopic (exact) mass is 296 g/mol. The molecule has 9 heteroatoms. The van der Waals surface area contributed by atoms with Crippen LogP contribution in [0.3, 0.4) is 0 Å². The van der Waals surface area contributed by atoms with Crippen LogP contribution < -0.4 is 0 Å². The molecule has 0 spiro atoms. The summed E-state index contributed by atoms with van der Waals surface area (Å²) in [7, 11) is 0. The molecule has 6 N–H and O–H groups in total. The first-order valence-electron chi connectivity index (χ1n) is 6.35. The Balaban J connectivity index is 2.00. The molecule has 0 aliphatic carbocycles. The van der Waals surface area contributed by atoms with Gasteiger partial charge in [-0.25, -0.2) is 0 Å². The zero-order chi connectivity index (χ0) is 14.9. The maximum Gasteiger partial charge on any atom is 0.187 e. The molecule has 0 amide bonds. The van der Waals surface area contributed by atoms with Crippen molar-refractivity contribution in [3.63, 3.8) is 0 Å². The van der Waals surface area contributed by atoms with Crippen molar-refractivity contribution in [2.24, 2.45) is 0 Å². The van der Waals surface area contributed by atoms with Gasteiger partial charge >= 0.3 is 0 Å². The van der Waals surface area contributed by atoms with Gasteiger partial charge in [-0.1, -0.05) is 0 Å². The lowest BCUT2D eigenvalue weighted by Crippen LogP contribution is -2.61. The Labute approximate surface area is 114 Å². The van der Waals surface area contributed by atoms with Crippen molar-refractivity contribution in [3.05, 3.63) is 0 Å². The summed E-state index contributed by atoms with van der Waals surface area (Å²) in [5, 5.41) is 57.2. The fourth-order valence-corrected chi connectivity index (χ4v) is 2.22. The largest absolute Gasteiger partial charge is 0.394 e. The van der Waals surface area contributed by atoms with Crippen LogP contribution in [0.15, 0.2) is 0 Å². The Hall–Kier alpha value is -0.360. The smallest absolute Gasteiger partial charge is 0.187 e. The molecule has 2 aliphatic heterocycles. The van der Waals surface area contributed by atoms with Crippen molar-refractivity contribution < 1.29 is 44.8 Å². The molecule has 2 fully saturated rings. The summed E-state index contributed by atoms with van der Waals surface area (Å²) >= 11 is 0. The minimum absolute atomic E-state index is 0.0206. The molecule has 0 aromatic heterocycles. The third kappa shape index (κ3) is 3.11. The van der Waals surface area contributed by atoms with Crippen LogP contribution in [-0.4, -0.2) is 99.5 Å². The molecule has 0 unspecified atom stereocenters. The summed E-state index contributed by atoms with van der Waals surface area (Å²) < 4.78 is 15.4. The topological polar surface area (TPSA) is 149 Å². The Morgan fingerprint density at radius 1 is 0.900 bits per heavy atom. The number of aliphatic hydroxyl groups is 6. The van der Waals surface area contributed by atoms with Crippen molar-refractivity contribution in [1.29, 1.82) is 0 Å². The van der Waals surface area contributed by atoms with E-state index >= 15 is 0 Å². The number of aliphatic hydroxyl groups excluding tert-OH is 6. The lowest BCUT2D eigenvalue weighted by molar-refractivity contribution is -0.327. The first-order chi connectivity index (χ1) is 9.45. The van der Waals surface area contributed by atoms with E-state index in [9.17, 15) is 25.5 Å². The fraction of sp³-hybridized carbons (Fsp3) is 1.00. The van der Waals surface area contributed by atoms with Gasteiger partial charge in [0, 0.05) is 0 Å². The summed E-state index contributed by atoms with van der Waals surface area (Å²) in [6.07, 6.45) is -10.4. The number of rotatable bonds is 3. The van der Waals surface area contributed by atoms with Crippen LogP contribution >= 0.6 is 0 Å². The van der Waals surface area contributed by atoms with Crippen LogP contribution in [0.4, 0.5) is 0 Å². The van der Waals surface area contributed by atoms with Gasteiger partial charge in [0.25, 0.3) is 0 Å². The number of hydrogen-bond acceptors (Lipinski definition) is 9. The summed E-state index contributed by atoms with van der Waals surface area (Å²) in [5.41, 5.74) is 0. The van der Waals surface area contributed by atoms with Gasteiger partial charge in [0.2, 0.25) is 0 Å². The molecule has 0 saturated carbocycles. The molecule has 2 rings (SSSR count). The van der Waals surface area contributed by atoms with Gasteiger partial charge in [0.1, 0.15) is 42.7 Å². The molecular weight excluding hydrogens is 276 g/mol. The van der Waals surface area contributed by atoms with Gasteiger partial charge in [-0.15, -0.1) is 0 Å². The SMILES string of the molecule is OC[C@H]1O[C@@H](O[C@@H]2COC[C@H](O)[C@H]2O)[C@H](O)[C@@H](O)[C@@H]1O. The van der Waals surface area contributed by atoms with Gasteiger partial charge in [0.15, 0.2) is 6.29 Å². The molecule has 9 nitrogen and oxygen atoms in total. The van der Waals surface area contributed by atoms with Gasteiger partial charge < -0.3 is 44.8 Å². The maximum absolute atomic E-state index is 9.78. The average Bonchev–Trinajstić information content (AvgIpc) is 2.44. The maximum atomic E-state index is 9.78. The molecule has 118 valence electrons. The summed E-state index contributed by atoms with van der Waals surface area (Å²) in [6, 6.07) is 0. The van der Waals surface area contributed by atoms with Crippen molar-refractivity contribution in [1.82, 2.24) is 0 Å². The third-order valence-electron chi connectivity index (χ3n) is 3.50. The number of hydrogen-bond donors (Lipinski definition) is 6. The van der Waals surface area contributed by atoms with E-state index in [2.05, 4.69) is 0 Å². The van der Waals surface area contributed by atoms with E-state index in [0.717, 1.165) is 0 Å². The van der Waals surface area contributed by atoms with Crippen LogP contribution in [0.2, 0.25) is 0 Å². The highest BCUT2D eigenvalue weighted by molar-refractivity contribution is 4.90. The minimum atomic E-state index is -1.56. The van der Waals surface area contributed by atoms with Crippen LogP contribution in [0.5, 0.6) is 0 Å². The second-order valence-corrected chi connectivity index (χ2v) is 4.97. The van der Waals surface area contributed by atoms with Gasteiger partial charge in [-0.3, -0.25) is 0 Å². The molecule has 20 heavy (non-hydrogen) atoms. The Bertz CT molecular complexity index is 312. The number of ether oxygens (including phenoxy) is 3. The van der Waals surface area contributed by atoms with E-state index in [0.29, 0.717) is 0 Å². The molecule has 2 saturated heterocycles. The molecule has 0 radical (unpaired) electrons. The first kappa shape index (κ1) is 16.0. The van der Waals surface area contributed by atoms with Gasteiger partial charge in [0.05, 0.1) is 19.8 Å². The van der Waals surface area contributed by atoms with E-state index in [1.54, 1.807) is 0 Å². The molecule has 2 heterocycles. The van der Waals surface area contributed by atoms with E-state index in [-0.39, 0.29) is 13.2 Å².